The molecule has 0 unspecified atom stereocenters. The van der Waals surface area contributed by atoms with Gasteiger partial charge < -0.3 is 15.3 Å². The number of ether oxygens (including phenoxy) is 1. The number of aromatic nitrogens is 2. The second-order valence-electron chi connectivity index (χ2n) is 4.83. The number of halogens is 5. The van der Waals surface area contributed by atoms with Crippen molar-refractivity contribution in [3.05, 3.63) is 45.2 Å². The van der Waals surface area contributed by atoms with Gasteiger partial charge in [-0.15, -0.1) is 0 Å². The van der Waals surface area contributed by atoms with Gasteiger partial charge in [0.2, 0.25) is 0 Å². The Morgan fingerprint density at radius 1 is 1.35 bits per heavy atom. The Morgan fingerprint density at radius 3 is 2.54 bits per heavy atom. The standard InChI is InChI=1S/C14H11Cl2F3N4O3/c1-23-10(9(16)11(21-23)14(17,18)19)13(24)26-22-12(20)7-5-6(15)3-4-8(7)25-2/h3-5H,1-2H3,(H2,20,22). The lowest BCUT2D eigenvalue weighted by Gasteiger charge is -2.08. The number of methoxy groups -OCH3 is 1. The van der Waals surface area contributed by atoms with Gasteiger partial charge in [-0.1, -0.05) is 28.4 Å². The molecule has 12 heteroatoms. The van der Waals surface area contributed by atoms with Gasteiger partial charge in [-0.05, 0) is 18.2 Å². The molecule has 1 aromatic carbocycles. The third kappa shape index (κ3) is 4.02. The van der Waals surface area contributed by atoms with E-state index >= 15 is 0 Å². The summed E-state index contributed by atoms with van der Waals surface area (Å²) in [5.41, 5.74) is 3.89. The third-order valence-electron chi connectivity index (χ3n) is 3.12. The molecular weight excluding hydrogens is 400 g/mol. The fourth-order valence-corrected chi connectivity index (χ4v) is 2.48. The molecule has 0 amide bonds. The van der Waals surface area contributed by atoms with Crippen LogP contribution >= 0.6 is 23.2 Å². The van der Waals surface area contributed by atoms with Crippen molar-refractivity contribution in [3.8, 4) is 5.75 Å². The van der Waals surface area contributed by atoms with E-state index in [9.17, 15) is 18.0 Å². The summed E-state index contributed by atoms with van der Waals surface area (Å²) in [6.07, 6.45) is -4.83. The summed E-state index contributed by atoms with van der Waals surface area (Å²) in [6, 6.07) is 4.46. The number of carbonyl (C=O) groups is 1. The molecule has 0 saturated heterocycles. The van der Waals surface area contributed by atoms with Crippen LogP contribution in [0, 0.1) is 0 Å². The van der Waals surface area contributed by atoms with Crippen molar-refractivity contribution in [1.29, 1.82) is 0 Å². The largest absolute Gasteiger partial charge is 0.496 e. The van der Waals surface area contributed by atoms with Crippen LogP contribution in [0.1, 0.15) is 21.7 Å². The molecule has 0 aliphatic carbocycles. The Balaban J connectivity index is 2.30. The molecule has 0 saturated carbocycles. The quantitative estimate of drug-likeness (QED) is 0.361. The third-order valence-corrected chi connectivity index (χ3v) is 3.71. The Labute approximate surface area is 155 Å². The van der Waals surface area contributed by atoms with Crippen LogP contribution < -0.4 is 10.5 Å². The molecule has 2 rings (SSSR count). The van der Waals surface area contributed by atoms with Gasteiger partial charge in [0.15, 0.2) is 17.2 Å². The van der Waals surface area contributed by atoms with Crippen LogP contribution in [0.5, 0.6) is 5.75 Å². The minimum absolute atomic E-state index is 0.222. The van der Waals surface area contributed by atoms with Crippen molar-refractivity contribution in [2.24, 2.45) is 17.9 Å². The molecule has 1 heterocycles. The Hall–Kier alpha value is -2.46. The minimum atomic E-state index is -4.83. The first-order valence-corrected chi connectivity index (χ1v) is 7.50. The van der Waals surface area contributed by atoms with Crippen LogP contribution in [0.25, 0.3) is 0 Å². The average molecular weight is 411 g/mol. The van der Waals surface area contributed by atoms with Gasteiger partial charge in [-0.2, -0.15) is 18.3 Å². The first kappa shape index (κ1) is 19.9. The summed E-state index contributed by atoms with van der Waals surface area (Å²) in [5, 5.41) is 5.98. The van der Waals surface area contributed by atoms with E-state index in [1.165, 1.54) is 25.3 Å². The maximum Gasteiger partial charge on any atom is 0.436 e. The average Bonchev–Trinajstić information content (AvgIpc) is 2.87. The molecule has 140 valence electrons. The van der Waals surface area contributed by atoms with E-state index in [-0.39, 0.29) is 11.4 Å². The maximum absolute atomic E-state index is 12.8. The number of benzene rings is 1. The van der Waals surface area contributed by atoms with E-state index in [0.29, 0.717) is 15.5 Å². The first-order chi connectivity index (χ1) is 12.1. The first-order valence-electron chi connectivity index (χ1n) is 6.74. The number of rotatable bonds is 4. The van der Waals surface area contributed by atoms with Gasteiger partial charge in [0.1, 0.15) is 10.8 Å². The van der Waals surface area contributed by atoms with Crippen molar-refractivity contribution < 1.29 is 27.5 Å². The van der Waals surface area contributed by atoms with Gasteiger partial charge >= 0.3 is 12.1 Å². The van der Waals surface area contributed by atoms with Crippen LogP contribution in [0.2, 0.25) is 10.0 Å². The molecular formula is C14H11Cl2F3N4O3. The lowest BCUT2D eigenvalue weighted by atomic mass is 10.2. The summed E-state index contributed by atoms with van der Waals surface area (Å²) in [5.74, 6) is -1.26. The van der Waals surface area contributed by atoms with Gasteiger partial charge in [0, 0.05) is 12.1 Å². The van der Waals surface area contributed by atoms with Crippen molar-refractivity contribution in [1.82, 2.24) is 9.78 Å². The van der Waals surface area contributed by atoms with Gasteiger partial charge in [-0.25, -0.2) is 4.79 Å². The molecule has 0 spiro atoms. The van der Waals surface area contributed by atoms with Crippen LogP contribution in [-0.2, 0) is 18.1 Å². The Morgan fingerprint density at radius 2 is 2.00 bits per heavy atom. The van der Waals surface area contributed by atoms with Crippen LogP contribution in [-0.4, -0.2) is 28.7 Å². The molecule has 0 aliphatic heterocycles. The van der Waals surface area contributed by atoms with Crippen molar-refractivity contribution in [2.45, 2.75) is 6.18 Å². The van der Waals surface area contributed by atoms with E-state index in [2.05, 4.69) is 15.1 Å². The van der Waals surface area contributed by atoms with Crippen molar-refractivity contribution in [2.75, 3.05) is 7.11 Å². The Bertz CT molecular complexity index is 881. The Kier molecular flexibility index (Phi) is 5.67. The molecule has 26 heavy (non-hydrogen) atoms. The highest BCUT2D eigenvalue weighted by atomic mass is 35.5. The number of hydrogen-bond acceptors (Lipinski definition) is 5. The van der Waals surface area contributed by atoms with E-state index in [1.807, 2.05) is 0 Å². The second kappa shape index (κ2) is 7.42. The number of nitrogens with two attached hydrogens (primary N) is 1. The number of amidine groups is 1. The fraction of sp³-hybridized carbons (Fsp3) is 0.214. The van der Waals surface area contributed by atoms with E-state index in [0.717, 1.165) is 7.05 Å². The van der Waals surface area contributed by atoms with Crippen molar-refractivity contribution >= 4 is 35.0 Å². The predicted molar refractivity (Wildman–Crippen MR) is 87.4 cm³/mol. The molecule has 2 N–H and O–H groups in total. The lowest BCUT2D eigenvalue weighted by Crippen LogP contribution is -2.17. The topological polar surface area (TPSA) is 91.7 Å². The molecule has 0 bridgehead atoms. The van der Waals surface area contributed by atoms with E-state index < -0.39 is 28.6 Å². The van der Waals surface area contributed by atoms with Gasteiger partial charge in [-0.3, -0.25) is 4.68 Å². The normalized spacial score (nSPS) is 12.2. The highest BCUT2D eigenvalue weighted by Crippen LogP contribution is 2.35. The van der Waals surface area contributed by atoms with E-state index in [4.69, 9.17) is 33.7 Å². The predicted octanol–water partition coefficient (Wildman–Crippen LogP) is 3.23. The summed E-state index contributed by atoms with van der Waals surface area (Å²) in [7, 11) is 2.48. The zero-order valence-corrected chi connectivity index (χ0v) is 14.8. The fourth-order valence-electron chi connectivity index (χ4n) is 1.96. The SMILES string of the molecule is COc1ccc(Cl)cc1/C(N)=N/OC(=O)c1c(Cl)c(C(F)(F)F)nn1C. The summed E-state index contributed by atoms with van der Waals surface area (Å²) < 4.78 is 44.0. The minimum Gasteiger partial charge on any atom is -0.496 e. The highest BCUT2D eigenvalue weighted by Gasteiger charge is 2.40. The van der Waals surface area contributed by atoms with Gasteiger partial charge in [0.25, 0.3) is 0 Å². The summed E-state index contributed by atoms with van der Waals surface area (Å²) in [4.78, 5) is 16.6. The molecule has 0 atom stereocenters. The zero-order valence-electron chi connectivity index (χ0n) is 13.3. The molecule has 1 aromatic heterocycles. The van der Waals surface area contributed by atoms with Gasteiger partial charge in [0.05, 0.1) is 12.7 Å². The second-order valence-corrected chi connectivity index (χ2v) is 5.65. The highest BCUT2D eigenvalue weighted by molar-refractivity contribution is 6.34. The van der Waals surface area contributed by atoms with Crippen molar-refractivity contribution in [3.63, 3.8) is 0 Å². The van der Waals surface area contributed by atoms with Crippen LogP contribution in [0.3, 0.4) is 0 Å². The molecule has 0 aliphatic rings. The summed E-state index contributed by atoms with van der Waals surface area (Å²) >= 11 is 11.4. The number of oxime groups is 1. The molecule has 0 radical (unpaired) electrons. The number of aryl methyl sites for hydroxylation is 1. The number of nitrogens with zero attached hydrogens (tertiary/aromatic N) is 3. The molecule has 0 fully saturated rings. The molecule has 2 aromatic rings. The lowest BCUT2D eigenvalue weighted by molar-refractivity contribution is -0.141. The zero-order chi connectivity index (χ0) is 19.6. The number of carbonyl (C=O) groups excluding carboxylic acids is 1. The monoisotopic (exact) mass is 410 g/mol. The van der Waals surface area contributed by atoms with Crippen LogP contribution in [0.4, 0.5) is 13.2 Å². The summed E-state index contributed by atoms with van der Waals surface area (Å²) in [6.45, 7) is 0. The maximum atomic E-state index is 12.8. The van der Waals surface area contributed by atoms with E-state index in [1.54, 1.807) is 0 Å². The molecule has 7 nitrogen and oxygen atoms in total. The number of hydrogen-bond donors (Lipinski definition) is 1. The number of alkyl halides is 3. The smallest absolute Gasteiger partial charge is 0.436 e. The van der Waals surface area contributed by atoms with Crippen LogP contribution in [0.15, 0.2) is 23.4 Å².